The molecule has 0 saturated heterocycles. The lowest BCUT2D eigenvalue weighted by atomic mass is 10.1. The summed E-state index contributed by atoms with van der Waals surface area (Å²) in [4.78, 5) is 4.13. The molecule has 2 rings (SSSR count). The van der Waals surface area contributed by atoms with Crippen molar-refractivity contribution in [3.63, 3.8) is 0 Å². The van der Waals surface area contributed by atoms with Crippen LogP contribution in [0.25, 0.3) is 0 Å². The van der Waals surface area contributed by atoms with Crippen molar-refractivity contribution in [3.8, 4) is 11.5 Å². The van der Waals surface area contributed by atoms with E-state index in [1.54, 1.807) is 49.4 Å². The average molecular weight is 248 g/mol. The Kier molecular flexibility index (Phi) is 3.53. The fourth-order valence-corrected chi connectivity index (χ4v) is 1.81. The van der Waals surface area contributed by atoms with Gasteiger partial charge in [0.1, 0.15) is 11.9 Å². The lowest BCUT2D eigenvalue weighted by Crippen LogP contribution is -2.07. The van der Waals surface area contributed by atoms with E-state index in [2.05, 4.69) is 4.98 Å². The minimum Gasteiger partial charge on any atom is -0.493 e. The van der Waals surface area contributed by atoms with Crippen LogP contribution in [0, 0.1) is 0 Å². The number of benzene rings is 1. The Labute approximate surface area is 106 Å². The molecule has 1 N–H and O–H groups in total. The molecular formula is C13H16N2O3. The summed E-state index contributed by atoms with van der Waals surface area (Å²) >= 11 is 0. The molecule has 1 aromatic heterocycles. The molecule has 5 heteroatoms. The molecule has 5 nitrogen and oxygen atoms in total. The molecule has 1 unspecified atom stereocenters. The van der Waals surface area contributed by atoms with Gasteiger partial charge in [0.15, 0.2) is 11.5 Å². The molecule has 0 aliphatic heterocycles. The first-order valence-corrected chi connectivity index (χ1v) is 5.54. The predicted molar refractivity (Wildman–Crippen MR) is 66.8 cm³/mol. The molecule has 1 aromatic carbocycles. The molecule has 0 amide bonds. The fourth-order valence-electron chi connectivity index (χ4n) is 1.81. The van der Waals surface area contributed by atoms with E-state index < -0.39 is 6.10 Å². The van der Waals surface area contributed by atoms with E-state index in [1.807, 2.05) is 7.05 Å². The summed E-state index contributed by atoms with van der Waals surface area (Å²) < 4.78 is 12.1. The van der Waals surface area contributed by atoms with Crippen LogP contribution in [0.15, 0.2) is 30.6 Å². The highest BCUT2D eigenvalue weighted by molar-refractivity contribution is 5.44. The van der Waals surface area contributed by atoms with Gasteiger partial charge in [-0.2, -0.15) is 0 Å². The molecule has 1 heterocycles. The van der Waals surface area contributed by atoms with Crippen molar-refractivity contribution in [2.24, 2.45) is 7.05 Å². The summed E-state index contributed by atoms with van der Waals surface area (Å²) in [5.41, 5.74) is 0.710. The lowest BCUT2D eigenvalue weighted by molar-refractivity contribution is 0.205. The van der Waals surface area contributed by atoms with E-state index in [0.29, 0.717) is 22.9 Å². The third-order valence-corrected chi connectivity index (χ3v) is 2.83. The van der Waals surface area contributed by atoms with Crippen LogP contribution in [-0.4, -0.2) is 28.9 Å². The second-order valence-electron chi connectivity index (χ2n) is 3.91. The van der Waals surface area contributed by atoms with Gasteiger partial charge in [0.2, 0.25) is 0 Å². The molecule has 0 saturated carbocycles. The predicted octanol–water partition coefficient (Wildman–Crippen LogP) is 1.52. The molecule has 96 valence electrons. The molecule has 0 fully saturated rings. The first-order chi connectivity index (χ1) is 8.67. The first-order valence-electron chi connectivity index (χ1n) is 5.54. The van der Waals surface area contributed by atoms with Gasteiger partial charge in [-0.3, -0.25) is 0 Å². The minimum absolute atomic E-state index is 0.585. The summed E-state index contributed by atoms with van der Waals surface area (Å²) in [5.74, 6) is 1.80. The average Bonchev–Trinajstić information content (AvgIpc) is 2.83. The van der Waals surface area contributed by atoms with E-state index >= 15 is 0 Å². The standard InChI is InChI=1S/C13H16N2O3/c1-15-7-6-14-13(15)12(16)9-4-5-10(17-2)11(8-9)18-3/h4-8,12,16H,1-3H3. The van der Waals surface area contributed by atoms with Crippen LogP contribution in [-0.2, 0) is 7.05 Å². The van der Waals surface area contributed by atoms with Crippen molar-refractivity contribution in [1.29, 1.82) is 0 Å². The second kappa shape index (κ2) is 5.10. The quantitative estimate of drug-likeness (QED) is 0.891. The highest BCUT2D eigenvalue weighted by atomic mass is 16.5. The first kappa shape index (κ1) is 12.4. The third kappa shape index (κ3) is 2.17. The van der Waals surface area contributed by atoms with E-state index in [1.165, 1.54) is 0 Å². The van der Waals surface area contributed by atoms with E-state index in [-0.39, 0.29) is 0 Å². The van der Waals surface area contributed by atoms with Gasteiger partial charge in [0.05, 0.1) is 14.2 Å². The van der Waals surface area contributed by atoms with E-state index in [4.69, 9.17) is 9.47 Å². The molecule has 0 spiro atoms. The number of nitrogens with zero attached hydrogens (tertiary/aromatic N) is 2. The number of methoxy groups -OCH3 is 2. The number of ether oxygens (including phenoxy) is 2. The maximum atomic E-state index is 10.3. The highest BCUT2D eigenvalue weighted by Crippen LogP contribution is 2.31. The Balaban J connectivity index is 2.37. The van der Waals surface area contributed by atoms with Crippen LogP contribution in [0.3, 0.4) is 0 Å². The number of imidazole rings is 1. The Morgan fingerprint density at radius 1 is 1.22 bits per heavy atom. The van der Waals surface area contributed by atoms with Gasteiger partial charge < -0.3 is 19.1 Å². The van der Waals surface area contributed by atoms with Gasteiger partial charge in [-0.15, -0.1) is 0 Å². The fraction of sp³-hybridized carbons (Fsp3) is 0.308. The molecule has 0 radical (unpaired) electrons. The number of aryl methyl sites for hydroxylation is 1. The monoisotopic (exact) mass is 248 g/mol. The van der Waals surface area contributed by atoms with Gasteiger partial charge in [-0.25, -0.2) is 4.98 Å². The van der Waals surface area contributed by atoms with Crippen LogP contribution in [0.2, 0.25) is 0 Å². The zero-order chi connectivity index (χ0) is 13.1. The van der Waals surface area contributed by atoms with Crippen molar-refractivity contribution < 1.29 is 14.6 Å². The number of aliphatic hydroxyl groups is 1. The van der Waals surface area contributed by atoms with Crippen LogP contribution in [0.5, 0.6) is 11.5 Å². The number of hydrogen-bond acceptors (Lipinski definition) is 4. The van der Waals surface area contributed by atoms with Gasteiger partial charge in [-0.05, 0) is 17.7 Å². The van der Waals surface area contributed by atoms with Crippen molar-refractivity contribution in [2.45, 2.75) is 6.10 Å². The molecule has 0 aliphatic rings. The minimum atomic E-state index is -0.787. The van der Waals surface area contributed by atoms with Crippen molar-refractivity contribution in [1.82, 2.24) is 9.55 Å². The van der Waals surface area contributed by atoms with Crippen LogP contribution < -0.4 is 9.47 Å². The third-order valence-electron chi connectivity index (χ3n) is 2.83. The van der Waals surface area contributed by atoms with Crippen LogP contribution >= 0.6 is 0 Å². The summed E-state index contributed by atoms with van der Waals surface area (Å²) in [5, 5.41) is 10.3. The van der Waals surface area contributed by atoms with Crippen molar-refractivity contribution in [3.05, 3.63) is 42.0 Å². The van der Waals surface area contributed by atoms with Crippen molar-refractivity contribution >= 4 is 0 Å². The molecular weight excluding hydrogens is 232 g/mol. The molecule has 1 atom stereocenters. The SMILES string of the molecule is COc1ccc(C(O)c2nccn2C)cc1OC. The van der Waals surface area contributed by atoms with Gasteiger partial charge in [0, 0.05) is 19.4 Å². The molecule has 0 bridgehead atoms. The van der Waals surface area contributed by atoms with Crippen LogP contribution in [0.1, 0.15) is 17.5 Å². The lowest BCUT2D eigenvalue weighted by Gasteiger charge is -2.14. The zero-order valence-electron chi connectivity index (χ0n) is 10.6. The summed E-state index contributed by atoms with van der Waals surface area (Å²) in [6.07, 6.45) is 2.66. The normalized spacial score (nSPS) is 12.2. The Morgan fingerprint density at radius 2 is 1.94 bits per heavy atom. The summed E-state index contributed by atoms with van der Waals surface area (Å²) in [6, 6.07) is 5.30. The second-order valence-corrected chi connectivity index (χ2v) is 3.91. The van der Waals surface area contributed by atoms with Gasteiger partial charge in [0.25, 0.3) is 0 Å². The Bertz CT molecular complexity index is 537. The maximum absolute atomic E-state index is 10.3. The molecule has 0 aliphatic carbocycles. The number of aromatic nitrogens is 2. The summed E-state index contributed by atoms with van der Waals surface area (Å²) in [6.45, 7) is 0. The Morgan fingerprint density at radius 3 is 2.50 bits per heavy atom. The summed E-state index contributed by atoms with van der Waals surface area (Å²) in [7, 11) is 4.98. The van der Waals surface area contributed by atoms with Crippen molar-refractivity contribution in [2.75, 3.05) is 14.2 Å². The topological polar surface area (TPSA) is 56.5 Å². The van der Waals surface area contributed by atoms with Crippen LogP contribution in [0.4, 0.5) is 0 Å². The smallest absolute Gasteiger partial charge is 0.161 e. The van der Waals surface area contributed by atoms with Gasteiger partial charge >= 0.3 is 0 Å². The number of hydrogen-bond donors (Lipinski definition) is 1. The highest BCUT2D eigenvalue weighted by Gasteiger charge is 2.16. The number of aliphatic hydroxyl groups excluding tert-OH is 1. The zero-order valence-corrected chi connectivity index (χ0v) is 10.6. The largest absolute Gasteiger partial charge is 0.493 e. The van der Waals surface area contributed by atoms with E-state index in [0.717, 1.165) is 0 Å². The van der Waals surface area contributed by atoms with E-state index in [9.17, 15) is 5.11 Å². The molecule has 18 heavy (non-hydrogen) atoms. The Hall–Kier alpha value is -2.01. The van der Waals surface area contributed by atoms with Gasteiger partial charge in [-0.1, -0.05) is 6.07 Å². The maximum Gasteiger partial charge on any atom is 0.161 e. The number of rotatable bonds is 4. The molecule has 2 aromatic rings.